The lowest BCUT2D eigenvalue weighted by atomic mass is 10.0. The van der Waals surface area contributed by atoms with Gasteiger partial charge < -0.3 is 16.4 Å². The van der Waals surface area contributed by atoms with Gasteiger partial charge in [-0.05, 0) is 18.1 Å². The molecule has 2 atom stereocenters. The normalized spacial score (nSPS) is 12.9. The Balaban J connectivity index is 1.94. The molecule has 0 saturated carbocycles. The topological polar surface area (TPSA) is 84.2 Å². The second-order valence-electron chi connectivity index (χ2n) is 6.19. The van der Waals surface area contributed by atoms with Gasteiger partial charge in [0.25, 0.3) is 0 Å². The molecule has 0 radical (unpaired) electrons. The van der Waals surface area contributed by atoms with Gasteiger partial charge in [-0.3, -0.25) is 9.59 Å². The van der Waals surface area contributed by atoms with E-state index in [1.54, 1.807) is 0 Å². The Bertz CT molecular complexity index is 699. The van der Waals surface area contributed by atoms with Crippen molar-refractivity contribution in [3.63, 3.8) is 0 Å². The van der Waals surface area contributed by atoms with Crippen molar-refractivity contribution < 1.29 is 9.59 Å². The van der Waals surface area contributed by atoms with Crippen molar-refractivity contribution in [2.24, 2.45) is 5.73 Å². The van der Waals surface area contributed by atoms with Gasteiger partial charge in [-0.25, -0.2) is 0 Å². The lowest BCUT2D eigenvalue weighted by Gasteiger charge is -2.19. The average Bonchev–Trinajstić information content (AvgIpc) is 2.60. The Morgan fingerprint density at radius 2 is 1.64 bits per heavy atom. The summed E-state index contributed by atoms with van der Waals surface area (Å²) in [4.78, 5) is 23.8. The predicted octanol–water partition coefficient (Wildman–Crippen LogP) is 2.38. The van der Waals surface area contributed by atoms with E-state index < -0.39 is 0 Å². The summed E-state index contributed by atoms with van der Waals surface area (Å²) in [6.45, 7) is 3.79. The Labute approximate surface area is 148 Å². The summed E-state index contributed by atoms with van der Waals surface area (Å²) in [6.07, 6.45) is 0.171. The van der Waals surface area contributed by atoms with Crippen molar-refractivity contribution in [2.75, 3.05) is 6.54 Å². The molecule has 2 aromatic carbocycles. The second-order valence-corrected chi connectivity index (χ2v) is 6.19. The first-order valence-corrected chi connectivity index (χ1v) is 8.36. The van der Waals surface area contributed by atoms with Gasteiger partial charge in [0.2, 0.25) is 11.8 Å². The van der Waals surface area contributed by atoms with Crippen molar-refractivity contribution in [3.8, 4) is 0 Å². The number of aryl methyl sites for hydroxylation is 1. The molecule has 4 N–H and O–H groups in total. The molecule has 0 aliphatic heterocycles. The van der Waals surface area contributed by atoms with Crippen molar-refractivity contribution in [1.82, 2.24) is 10.6 Å². The third-order valence-corrected chi connectivity index (χ3v) is 3.99. The first kappa shape index (κ1) is 18.7. The molecule has 2 rings (SSSR count). The van der Waals surface area contributed by atoms with Crippen LogP contribution >= 0.6 is 0 Å². The highest BCUT2D eigenvalue weighted by atomic mass is 16.2. The minimum Gasteiger partial charge on any atom is -0.354 e. The van der Waals surface area contributed by atoms with E-state index >= 15 is 0 Å². The minimum atomic E-state index is -0.356. The number of hydrogen-bond acceptors (Lipinski definition) is 3. The second kappa shape index (κ2) is 8.99. The van der Waals surface area contributed by atoms with Gasteiger partial charge in [-0.15, -0.1) is 0 Å². The van der Waals surface area contributed by atoms with E-state index in [0.717, 1.165) is 16.7 Å². The van der Waals surface area contributed by atoms with Crippen LogP contribution in [0.3, 0.4) is 0 Å². The van der Waals surface area contributed by atoms with Crippen LogP contribution in [0.15, 0.2) is 54.6 Å². The van der Waals surface area contributed by atoms with Gasteiger partial charge in [-0.1, -0.05) is 60.2 Å². The average molecular weight is 339 g/mol. The lowest BCUT2D eigenvalue weighted by molar-refractivity contribution is -0.122. The number of nitrogens with two attached hydrogens (primary N) is 1. The van der Waals surface area contributed by atoms with Gasteiger partial charge in [0.05, 0.1) is 12.5 Å². The van der Waals surface area contributed by atoms with Crippen molar-refractivity contribution in [3.05, 3.63) is 71.3 Å². The molecule has 0 heterocycles. The number of amides is 2. The summed E-state index contributed by atoms with van der Waals surface area (Å²) >= 11 is 0. The summed E-state index contributed by atoms with van der Waals surface area (Å²) < 4.78 is 0. The van der Waals surface area contributed by atoms with Gasteiger partial charge >= 0.3 is 0 Å². The number of rotatable bonds is 7. The van der Waals surface area contributed by atoms with Crippen LogP contribution in [0.2, 0.25) is 0 Å². The first-order chi connectivity index (χ1) is 12.0. The van der Waals surface area contributed by atoms with Crippen molar-refractivity contribution >= 4 is 11.8 Å². The van der Waals surface area contributed by atoms with Crippen LogP contribution in [0.25, 0.3) is 0 Å². The molecule has 0 bridgehead atoms. The molecule has 5 nitrogen and oxygen atoms in total. The fourth-order valence-corrected chi connectivity index (χ4v) is 2.60. The molecule has 0 aromatic heterocycles. The minimum absolute atomic E-state index is 0.147. The maximum atomic E-state index is 12.3. The van der Waals surface area contributed by atoms with Gasteiger partial charge in [-0.2, -0.15) is 0 Å². The van der Waals surface area contributed by atoms with Gasteiger partial charge in [0.1, 0.15) is 0 Å². The summed E-state index contributed by atoms with van der Waals surface area (Å²) in [5.41, 5.74) is 9.10. The summed E-state index contributed by atoms with van der Waals surface area (Å²) in [5.74, 6) is -0.315. The number of nitrogens with one attached hydrogen (secondary N) is 2. The summed E-state index contributed by atoms with van der Waals surface area (Å²) in [6, 6.07) is 16.8. The van der Waals surface area contributed by atoms with Crippen LogP contribution in [-0.2, 0) is 9.59 Å². The molecule has 0 spiro atoms. The molecule has 0 saturated heterocycles. The Morgan fingerprint density at radius 1 is 1.00 bits per heavy atom. The van der Waals surface area contributed by atoms with Crippen LogP contribution < -0.4 is 16.4 Å². The molecule has 2 unspecified atom stereocenters. The quantitative estimate of drug-likeness (QED) is 0.724. The van der Waals surface area contributed by atoms with Gasteiger partial charge in [0.15, 0.2) is 0 Å². The molecule has 5 heteroatoms. The van der Waals surface area contributed by atoms with Crippen LogP contribution in [-0.4, -0.2) is 18.4 Å². The van der Waals surface area contributed by atoms with E-state index in [0.29, 0.717) is 6.54 Å². The third-order valence-electron chi connectivity index (χ3n) is 3.99. The summed E-state index contributed by atoms with van der Waals surface area (Å²) in [5, 5.41) is 5.69. The number of carbonyl (C=O) groups excluding carboxylic acids is 2. The largest absolute Gasteiger partial charge is 0.354 e. The van der Waals surface area contributed by atoms with Crippen LogP contribution in [0, 0.1) is 6.92 Å². The highest BCUT2D eigenvalue weighted by Gasteiger charge is 2.17. The highest BCUT2D eigenvalue weighted by molar-refractivity contribution is 5.79. The van der Waals surface area contributed by atoms with E-state index in [1.165, 1.54) is 6.92 Å². The van der Waals surface area contributed by atoms with Crippen LogP contribution in [0.4, 0.5) is 0 Å². The summed E-state index contributed by atoms with van der Waals surface area (Å²) in [7, 11) is 0. The highest BCUT2D eigenvalue weighted by Crippen LogP contribution is 2.18. The molecule has 25 heavy (non-hydrogen) atoms. The van der Waals surface area contributed by atoms with E-state index in [2.05, 4.69) is 10.6 Å². The Hall–Kier alpha value is -2.66. The van der Waals surface area contributed by atoms with Crippen LogP contribution in [0.1, 0.15) is 42.1 Å². The maximum absolute atomic E-state index is 12.3. The fraction of sp³-hybridized carbons (Fsp3) is 0.300. The maximum Gasteiger partial charge on any atom is 0.222 e. The molecule has 132 valence electrons. The van der Waals surface area contributed by atoms with Gasteiger partial charge in [0, 0.05) is 19.5 Å². The predicted molar refractivity (Wildman–Crippen MR) is 98.7 cm³/mol. The molecular weight excluding hydrogens is 314 g/mol. The van der Waals surface area contributed by atoms with Crippen molar-refractivity contribution in [2.45, 2.75) is 32.4 Å². The molecule has 0 aliphatic rings. The SMILES string of the molecule is CC(=O)NC(CC(=O)NCC(N)c1ccccc1)c1ccc(C)cc1. The zero-order valence-electron chi connectivity index (χ0n) is 14.7. The standard InChI is InChI=1S/C20H25N3O2/c1-14-8-10-17(11-9-14)19(23-15(2)24)12-20(25)22-13-18(21)16-6-4-3-5-7-16/h3-11,18-19H,12-13,21H2,1-2H3,(H,22,25)(H,23,24). The Morgan fingerprint density at radius 3 is 2.24 bits per heavy atom. The fourth-order valence-electron chi connectivity index (χ4n) is 2.60. The van der Waals surface area contributed by atoms with Crippen molar-refractivity contribution in [1.29, 1.82) is 0 Å². The molecule has 2 amide bonds. The Kier molecular flexibility index (Phi) is 6.71. The lowest BCUT2D eigenvalue weighted by Crippen LogP contribution is -2.35. The zero-order chi connectivity index (χ0) is 18.2. The van der Waals surface area contributed by atoms with E-state index in [1.807, 2.05) is 61.5 Å². The molecule has 0 aliphatic carbocycles. The number of benzene rings is 2. The number of hydrogen-bond donors (Lipinski definition) is 3. The third kappa shape index (κ3) is 6.04. The number of carbonyl (C=O) groups is 2. The molecule has 2 aromatic rings. The smallest absolute Gasteiger partial charge is 0.222 e. The monoisotopic (exact) mass is 339 g/mol. The zero-order valence-corrected chi connectivity index (χ0v) is 14.7. The van der Waals surface area contributed by atoms with Crippen LogP contribution in [0.5, 0.6) is 0 Å². The molecule has 0 fully saturated rings. The van der Waals surface area contributed by atoms with E-state index in [9.17, 15) is 9.59 Å². The van der Waals surface area contributed by atoms with E-state index in [-0.39, 0.29) is 30.3 Å². The molecular formula is C20H25N3O2. The first-order valence-electron chi connectivity index (χ1n) is 8.36. The van der Waals surface area contributed by atoms with E-state index in [4.69, 9.17) is 5.73 Å².